The third kappa shape index (κ3) is 2.30. The lowest BCUT2D eigenvalue weighted by Gasteiger charge is -2.35. The minimum Gasteiger partial charge on any atom is -0.340 e. The van der Waals surface area contributed by atoms with Gasteiger partial charge < -0.3 is 10.2 Å². The number of anilines is 1. The van der Waals surface area contributed by atoms with Crippen molar-refractivity contribution in [2.24, 2.45) is 18.9 Å². The average molecular weight is 276 g/mol. The van der Waals surface area contributed by atoms with Crippen LogP contribution in [0.4, 0.5) is 5.95 Å². The summed E-state index contributed by atoms with van der Waals surface area (Å²) in [5.74, 6) is 2.97. The van der Waals surface area contributed by atoms with Crippen LogP contribution in [0.15, 0.2) is 0 Å². The Morgan fingerprint density at radius 2 is 2.00 bits per heavy atom. The fourth-order valence-corrected chi connectivity index (χ4v) is 4.16. The molecule has 20 heavy (non-hydrogen) atoms. The van der Waals surface area contributed by atoms with Gasteiger partial charge in [-0.05, 0) is 47.9 Å². The number of hydrogen-bond acceptors (Lipinski definition) is 5. The number of fused-ring (bicyclic) bond motifs is 1. The quantitative estimate of drug-likeness (QED) is 0.891. The van der Waals surface area contributed by atoms with Crippen molar-refractivity contribution in [1.29, 1.82) is 0 Å². The zero-order chi connectivity index (χ0) is 13.5. The third-order valence-corrected chi connectivity index (χ3v) is 5.41. The summed E-state index contributed by atoms with van der Waals surface area (Å²) >= 11 is 0. The molecule has 1 unspecified atom stereocenters. The molecule has 1 saturated heterocycles. The second kappa shape index (κ2) is 4.98. The van der Waals surface area contributed by atoms with Crippen LogP contribution in [-0.2, 0) is 7.05 Å². The minimum absolute atomic E-state index is 0.691. The van der Waals surface area contributed by atoms with Gasteiger partial charge in [-0.2, -0.15) is 0 Å². The van der Waals surface area contributed by atoms with Crippen LogP contribution in [0.5, 0.6) is 0 Å². The first-order chi connectivity index (χ1) is 9.81. The Balaban J connectivity index is 1.30. The Hall–Kier alpha value is -1.17. The largest absolute Gasteiger partial charge is 0.340 e. The number of aryl methyl sites for hydroxylation is 1. The predicted octanol–water partition coefficient (Wildman–Crippen LogP) is 0.957. The zero-order valence-corrected chi connectivity index (χ0v) is 12.2. The summed E-state index contributed by atoms with van der Waals surface area (Å²) in [6, 6.07) is 1.50. The molecule has 1 N–H and O–H groups in total. The van der Waals surface area contributed by atoms with Gasteiger partial charge in [0.15, 0.2) is 0 Å². The van der Waals surface area contributed by atoms with Crippen molar-refractivity contribution in [2.45, 2.75) is 50.6 Å². The molecule has 2 aliphatic carbocycles. The molecular formula is C14H24N6. The standard InChI is InChI=1S/C14H24N6/c1-19-14(16-17-18-19)20-7-5-11(6-8-20)15-13-4-2-3-10-9-12(10)13/h10-13,15H,2-9H2,1H3/t10-,12+,13?/m0/s1. The van der Waals surface area contributed by atoms with Crippen molar-refractivity contribution >= 4 is 5.95 Å². The van der Waals surface area contributed by atoms with E-state index >= 15 is 0 Å². The molecule has 110 valence electrons. The maximum Gasteiger partial charge on any atom is 0.245 e. The van der Waals surface area contributed by atoms with Crippen molar-refractivity contribution in [3.05, 3.63) is 0 Å². The van der Waals surface area contributed by atoms with Crippen molar-refractivity contribution in [3.8, 4) is 0 Å². The predicted molar refractivity (Wildman–Crippen MR) is 76.4 cm³/mol. The van der Waals surface area contributed by atoms with Crippen LogP contribution in [0.25, 0.3) is 0 Å². The summed E-state index contributed by atoms with van der Waals surface area (Å²) in [5, 5.41) is 15.7. The first-order valence-corrected chi connectivity index (χ1v) is 8.04. The van der Waals surface area contributed by atoms with Crippen LogP contribution in [-0.4, -0.2) is 45.4 Å². The monoisotopic (exact) mass is 276 g/mol. The Bertz CT molecular complexity index is 464. The third-order valence-electron chi connectivity index (χ3n) is 5.41. The number of nitrogens with one attached hydrogen (secondary N) is 1. The van der Waals surface area contributed by atoms with Crippen LogP contribution >= 0.6 is 0 Å². The maximum atomic E-state index is 4.11. The van der Waals surface area contributed by atoms with Crippen LogP contribution in [0.2, 0.25) is 0 Å². The normalized spacial score (nSPS) is 34.0. The fourth-order valence-electron chi connectivity index (χ4n) is 4.16. The van der Waals surface area contributed by atoms with E-state index in [1.165, 1.54) is 38.5 Å². The highest BCUT2D eigenvalue weighted by Gasteiger charge is 2.45. The zero-order valence-electron chi connectivity index (χ0n) is 12.2. The summed E-state index contributed by atoms with van der Waals surface area (Å²) in [6.07, 6.45) is 8.22. The number of aromatic nitrogens is 4. The number of tetrazole rings is 1. The van der Waals surface area contributed by atoms with Gasteiger partial charge in [-0.25, -0.2) is 4.68 Å². The molecule has 0 spiro atoms. The molecule has 6 heteroatoms. The first-order valence-electron chi connectivity index (χ1n) is 8.04. The van der Waals surface area contributed by atoms with Crippen molar-refractivity contribution < 1.29 is 0 Å². The summed E-state index contributed by atoms with van der Waals surface area (Å²) < 4.78 is 1.77. The lowest BCUT2D eigenvalue weighted by molar-refractivity contribution is 0.293. The number of nitrogens with zero attached hydrogens (tertiary/aromatic N) is 5. The van der Waals surface area contributed by atoms with E-state index in [4.69, 9.17) is 0 Å². The number of hydrogen-bond donors (Lipinski definition) is 1. The molecule has 1 aromatic rings. The Morgan fingerprint density at radius 3 is 2.75 bits per heavy atom. The van der Waals surface area contributed by atoms with Gasteiger partial charge in [-0.3, -0.25) is 0 Å². The van der Waals surface area contributed by atoms with Crippen molar-refractivity contribution in [2.75, 3.05) is 18.0 Å². The Morgan fingerprint density at radius 1 is 1.15 bits per heavy atom. The molecule has 2 saturated carbocycles. The summed E-state index contributed by atoms with van der Waals surface area (Å²) in [5.41, 5.74) is 0. The van der Waals surface area contributed by atoms with Crippen LogP contribution in [0.1, 0.15) is 38.5 Å². The Kier molecular flexibility index (Phi) is 3.13. The Labute approximate surface area is 119 Å². The molecule has 3 aliphatic rings. The average Bonchev–Trinajstić information content (AvgIpc) is 3.15. The number of rotatable bonds is 3. The smallest absolute Gasteiger partial charge is 0.245 e. The molecule has 0 radical (unpaired) electrons. The van der Waals surface area contributed by atoms with E-state index in [2.05, 4.69) is 25.7 Å². The van der Waals surface area contributed by atoms with Gasteiger partial charge in [0.1, 0.15) is 0 Å². The fraction of sp³-hybridized carbons (Fsp3) is 0.929. The summed E-state index contributed by atoms with van der Waals surface area (Å²) in [6.45, 7) is 2.12. The van der Waals surface area contributed by atoms with E-state index < -0.39 is 0 Å². The topological polar surface area (TPSA) is 58.9 Å². The van der Waals surface area contributed by atoms with Gasteiger partial charge >= 0.3 is 0 Å². The highest BCUT2D eigenvalue weighted by molar-refractivity contribution is 5.28. The molecule has 6 nitrogen and oxygen atoms in total. The molecule has 3 fully saturated rings. The summed E-state index contributed by atoms with van der Waals surface area (Å²) in [7, 11) is 1.91. The lowest BCUT2D eigenvalue weighted by atomic mass is 9.93. The number of piperidine rings is 1. The molecule has 0 aromatic carbocycles. The molecule has 2 heterocycles. The van der Waals surface area contributed by atoms with Gasteiger partial charge in [-0.1, -0.05) is 17.9 Å². The molecule has 4 rings (SSSR count). The van der Waals surface area contributed by atoms with Crippen molar-refractivity contribution in [1.82, 2.24) is 25.5 Å². The van der Waals surface area contributed by atoms with E-state index in [1.807, 2.05) is 7.05 Å². The van der Waals surface area contributed by atoms with E-state index in [-0.39, 0.29) is 0 Å². The molecule has 0 bridgehead atoms. The van der Waals surface area contributed by atoms with E-state index in [0.717, 1.165) is 36.9 Å². The van der Waals surface area contributed by atoms with Gasteiger partial charge in [0.2, 0.25) is 5.95 Å². The van der Waals surface area contributed by atoms with E-state index in [1.54, 1.807) is 4.68 Å². The molecule has 3 atom stereocenters. The van der Waals surface area contributed by atoms with Gasteiger partial charge in [0, 0.05) is 32.2 Å². The second-order valence-electron chi connectivity index (χ2n) is 6.73. The molecular weight excluding hydrogens is 252 g/mol. The molecule has 1 aromatic heterocycles. The van der Waals surface area contributed by atoms with Crippen LogP contribution in [0.3, 0.4) is 0 Å². The van der Waals surface area contributed by atoms with Crippen LogP contribution in [0, 0.1) is 11.8 Å². The summed E-state index contributed by atoms with van der Waals surface area (Å²) in [4.78, 5) is 2.30. The minimum atomic E-state index is 0.691. The first kappa shape index (κ1) is 12.6. The highest BCUT2D eigenvalue weighted by Crippen LogP contribution is 2.49. The molecule has 1 aliphatic heterocycles. The van der Waals surface area contributed by atoms with Gasteiger partial charge in [-0.15, -0.1) is 0 Å². The van der Waals surface area contributed by atoms with Gasteiger partial charge in [0.05, 0.1) is 0 Å². The van der Waals surface area contributed by atoms with Gasteiger partial charge in [0.25, 0.3) is 0 Å². The van der Waals surface area contributed by atoms with Crippen molar-refractivity contribution in [3.63, 3.8) is 0 Å². The second-order valence-corrected chi connectivity index (χ2v) is 6.73. The lowest BCUT2D eigenvalue weighted by Crippen LogP contribution is -2.48. The highest BCUT2D eigenvalue weighted by atomic mass is 15.6. The maximum absolute atomic E-state index is 4.11. The SMILES string of the molecule is Cn1nnnc1N1CCC(NC2CCC[C@H]3C[C@@H]23)CC1. The van der Waals surface area contributed by atoms with E-state index in [9.17, 15) is 0 Å². The van der Waals surface area contributed by atoms with E-state index in [0.29, 0.717) is 6.04 Å². The molecule has 0 amide bonds. The van der Waals surface area contributed by atoms with Crippen LogP contribution < -0.4 is 10.2 Å².